The second kappa shape index (κ2) is 8.91. The van der Waals surface area contributed by atoms with E-state index in [4.69, 9.17) is 16.3 Å². The topological polar surface area (TPSA) is 75.7 Å². The van der Waals surface area contributed by atoms with Crippen LogP contribution in [0.2, 0.25) is 5.02 Å². The van der Waals surface area contributed by atoms with Crippen molar-refractivity contribution in [1.29, 1.82) is 0 Å². The lowest BCUT2D eigenvalue weighted by atomic mass is 10.2. The molecular weight excluding hydrogens is 433 g/mol. The Morgan fingerprint density at radius 3 is 2.48 bits per heavy atom. The van der Waals surface area contributed by atoms with Gasteiger partial charge in [0, 0.05) is 6.07 Å². The highest BCUT2D eigenvalue weighted by atomic mass is 35.5. The number of sulfonamides is 1. The number of ether oxygens (including phenoxy) is 1. The summed E-state index contributed by atoms with van der Waals surface area (Å²) in [5.74, 6) is -0.460. The molecule has 2 aromatic carbocycles. The second-order valence-corrected chi connectivity index (χ2v) is 8.25. The largest absolute Gasteiger partial charge is 0.494 e. The average Bonchev–Trinajstić information content (AvgIpc) is 2.60. The van der Waals surface area contributed by atoms with E-state index in [0.29, 0.717) is 18.4 Å². The van der Waals surface area contributed by atoms with Crippen LogP contribution in [0, 0.1) is 0 Å². The zero-order chi connectivity index (χ0) is 21.8. The zero-order valence-electron chi connectivity index (χ0n) is 15.5. The van der Waals surface area contributed by atoms with Crippen LogP contribution >= 0.6 is 11.6 Å². The maximum atomic E-state index is 12.9. The van der Waals surface area contributed by atoms with Crippen LogP contribution < -0.4 is 14.4 Å². The molecule has 6 nitrogen and oxygen atoms in total. The number of benzene rings is 2. The first-order valence-corrected chi connectivity index (χ1v) is 10.5. The number of halogens is 4. The predicted molar refractivity (Wildman–Crippen MR) is 105 cm³/mol. The standard InChI is InChI=1S/C18H18ClF3N2O4S/c1-3-28-14-6-4-5-13(10-14)24(29(2,26)27)11-17(25)23-16-9-12(18(20,21)22)7-8-15(16)19/h4-10H,3,11H2,1-2H3,(H,23,25). The minimum Gasteiger partial charge on any atom is -0.494 e. The third-order valence-electron chi connectivity index (χ3n) is 3.67. The molecule has 0 aliphatic heterocycles. The van der Waals surface area contributed by atoms with Gasteiger partial charge in [-0.3, -0.25) is 9.10 Å². The molecular formula is C18H18ClF3N2O4S. The molecule has 29 heavy (non-hydrogen) atoms. The number of carbonyl (C=O) groups is 1. The van der Waals surface area contributed by atoms with Gasteiger partial charge in [-0.2, -0.15) is 13.2 Å². The van der Waals surface area contributed by atoms with Crippen molar-refractivity contribution in [3.8, 4) is 5.75 Å². The van der Waals surface area contributed by atoms with Gasteiger partial charge in [0.1, 0.15) is 12.3 Å². The van der Waals surface area contributed by atoms with E-state index in [-0.39, 0.29) is 16.4 Å². The first kappa shape index (κ1) is 22.8. The van der Waals surface area contributed by atoms with E-state index in [2.05, 4.69) is 5.32 Å². The van der Waals surface area contributed by atoms with E-state index in [1.807, 2.05) is 0 Å². The van der Waals surface area contributed by atoms with E-state index in [9.17, 15) is 26.4 Å². The first-order chi connectivity index (χ1) is 13.4. The van der Waals surface area contributed by atoms with Crippen LogP contribution in [0.3, 0.4) is 0 Å². The number of anilines is 2. The Bertz CT molecular complexity index is 997. The molecule has 11 heteroatoms. The fraction of sp³-hybridized carbons (Fsp3) is 0.278. The molecule has 1 amide bonds. The highest BCUT2D eigenvalue weighted by molar-refractivity contribution is 7.92. The highest BCUT2D eigenvalue weighted by Gasteiger charge is 2.31. The van der Waals surface area contributed by atoms with Gasteiger partial charge in [0.2, 0.25) is 15.9 Å². The molecule has 0 aliphatic carbocycles. The molecule has 0 fully saturated rings. The van der Waals surface area contributed by atoms with Crippen molar-refractivity contribution in [1.82, 2.24) is 0 Å². The summed E-state index contributed by atoms with van der Waals surface area (Å²) in [5.41, 5.74) is -1.10. The van der Waals surface area contributed by atoms with Gasteiger partial charge in [0.25, 0.3) is 0 Å². The normalized spacial score (nSPS) is 11.8. The lowest BCUT2D eigenvalue weighted by Gasteiger charge is -2.22. The maximum Gasteiger partial charge on any atom is 0.416 e. The van der Waals surface area contributed by atoms with Crippen LogP contribution in [0.1, 0.15) is 12.5 Å². The van der Waals surface area contributed by atoms with E-state index >= 15 is 0 Å². The summed E-state index contributed by atoms with van der Waals surface area (Å²) < 4.78 is 69.1. The Hall–Kier alpha value is -2.46. The smallest absolute Gasteiger partial charge is 0.416 e. The fourth-order valence-corrected chi connectivity index (χ4v) is 3.43. The molecule has 0 atom stereocenters. The van der Waals surface area contributed by atoms with Crippen molar-refractivity contribution in [2.75, 3.05) is 29.0 Å². The summed E-state index contributed by atoms with van der Waals surface area (Å²) in [6, 6.07) is 8.54. The lowest BCUT2D eigenvalue weighted by Crippen LogP contribution is -2.37. The van der Waals surface area contributed by atoms with E-state index < -0.39 is 34.2 Å². The molecule has 0 radical (unpaired) electrons. The molecule has 0 aromatic heterocycles. The summed E-state index contributed by atoms with van der Waals surface area (Å²) in [6.07, 6.45) is -3.71. The fourth-order valence-electron chi connectivity index (χ4n) is 2.41. The van der Waals surface area contributed by atoms with Crippen LogP contribution in [-0.2, 0) is 21.0 Å². The number of nitrogens with one attached hydrogen (secondary N) is 1. The Balaban J connectivity index is 2.27. The van der Waals surface area contributed by atoms with Gasteiger partial charge in [-0.1, -0.05) is 17.7 Å². The van der Waals surface area contributed by atoms with Crippen molar-refractivity contribution in [3.05, 3.63) is 53.1 Å². The van der Waals surface area contributed by atoms with Crippen LogP contribution in [0.5, 0.6) is 5.75 Å². The van der Waals surface area contributed by atoms with Gasteiger partial charge in [0.05, 0.1) is 34.8 Å². The number of rotatable bonds is 7. The average molecular weight is 451 g/mol. The van der Waals surface area contributed by atoms with Gasteiger partial charge in [0.15, 0.2) is 0 Å². The first-order valence-electron chi connectivity index (χ1n) is 8.29. The molecule has 0 heterocycles. The van der Waals surface area contributed by atoms with Gasteiger partial charge >= 0.3 is 6.18 Å². The molecule has 0 saturated carbocycles. The number of alkyl halides is 3. The third-order valence-corrected chi connectivity index (χ3v) is 5.14. The quantitative estimate of drug-likeness (QED) is 0.687. The predicted octanol–water partition coefficient (Wildman–Crippen LogP) is 4.16. The third kappa shape index (κ3) is 6.26. The lowest BCUT2D eigenvalue weighted by molar-refractivity contribution is -0.137. The van der Waals surface area contributed by atoms with E-state index in [1.165, 1.54) is 12.1 Å². The Kier molecular flexibility index (Phi) is 7.02. The molecule has 0 saturated heterocycles. The van der Waals surface area contributed by atoms with E-state index in [1.54, 1.807) is 19.1 Å². The Morgan fingerprint density at radius 1 is 1.21 bits per heavy atom. The van der Waals surface area contributed by atoms with E-state index in [0.717, 1.165) is 22.7 Å². The monoisotopic (exact) mass is 450 g/mol. The van der Waals surface area contributed by atoms with Gasteiger partial charge in [-0.05, 0) is 37.3 Å². The van der Waals surface area contributed by atoms with Crippen LogP contribution in [0.4, 0.5) is 24.5 Å². The number of carbonyl (C=O) groups excluding carboxylic acids is 1. The zero-order valence-corrected chi connectivity index (χ0v) is 17.0. The number of hydrogen-bond donors (Lipinski definition) is 1. The number of hydrogen-bond acceptors (Lipinski definition) is 4. The van der Waals surface area contributed by atoms with Crippen molar-refractivity contribution < 1.29 is 31.1 Å². The number of nitrogens with zero attached hydrogens (tertiary/aromatic N) is 1. The van der Waals surface area contributed by atoms with Gasteiger partial charge < -0.3 is 10.1 Å². The minimum atomic E-state index is -4.62. The summed E-state index contributed by atoms with van der Waals surface area (Å²) in [5, 5.41) is 2.11. The van der Waals surface area contributed by atoms with Gasteiger partial charge in [-0.15, -0.1) is 0 Å². The molecule has 0 bridgehead atoms. The molecule has 2 rings (SSSR count). The van der Waals surface area contributed by atoms with Crippen LogP contribution in [0.15, 0.2) is 42.5 Å². The summed E-state index contributed by atoms with van der Waals surface area (Å²) in [7, 11) is -3.87. The van der Waals surface area contributed by atoms with Gasteiger partial charge in [-0.25, -0.2) is 8.42 Å². The van der Waals surface area contributed by atoms with Crippen LogP contribution in [-0.4, -0.2) is 33.7 Å². The summed E-state index contributed by atoms with van der Waals surface area (Å²) in [6.45, 7) is 1.45. The summed E-state index contributed by atoms with van der Waals surface area (Å²) >= 11 is 5.86. The molecule has 2 aromatic rings. The summed E-state index contributed by atoms with van der Waals surface area (Å²) in [4.78, 5) is 12.4. The Morgan fingerprint density at radius 2 is 1.90 bits per heavy atom. The molecule has 0 aliphatic rings. The van der Waals surface area contributed by atoms with Crippen molar-refractivity contribution in [3.63, 3.8) is 0 Å². The molecule has 0 spiro atoms. The van der Waals surface area contributed by atoms with Crippen LogP contribution in [0.25, 0.3) is 0 Å². The Labute approximate surface area is 171 Å². The van der Waals surface area contributed by atoms with Crippen molar-refractivity contribution >= 4 is 38.9 Å². The number of amides is 1. The SMILES string of the molecule is CCOc1cccc(N(CC(=O)Nc2cc(C(F)(F)F)ccc2Cl)S(C)(=O)=O)c1. The van der Waals surface area contributed by atoms with Crippen molar-refractivity contribution in [2.45, 2.75) is 13.1 Å². The highest BCUT2D eigenvalue weighted by Crippen LogP contribution is 2.34. The maximum absolute atomic E-state index is 12.9. The second-order valence-electron chi connectivity index (χ2n) is 5.94. The van der Waals surface area contributed by atoms with Crippen molar-refractivity contribution in [2.24, 2.45) is 0 Å². The minimum absolute atomic E-state index is 0.115. The molecule has 158 valence electrons. The molecule has 1 N–H and O–H groups in total. The molecule has 0 unspecified atom stereocenters.